The minimum absolute atomic E-state index is 0.0555. The second-order valence-electron chi connectivity index (χ2n) is 4.04. The Morgan fingerprint density at radius 3 is 2.61 bits per heavy atom. The van der Waals surface area contributed by atoms with E-state index >= 15 is 0 Å². The second-order valence-corrected chi connectivity index (χ2v) is 4.04. The van der Waals surface area contributed by atoms with Crippen LogP contribution in [-0.2, 0) is 0 Å². The summed E-state index contributed by atoms with van der Waals surface area (Å²) in [4.78, 5) is 16.0. The van der Waals surface area contributed by atoms with Gasteiger partial charge in [0.2, 0.25) is 0 Å². The molecule has 0 saturated heterocycles. The van der Waals surface area contributed by atoms with Gasteiger partial charge in [0.25, 0.3) is 0 Å². The highest BCUT2D eigenvalue weighted by Crippen LogP contribution is 2.10. The van der Waals surface area contributed by atoms with Gasteiger partial charge in [-0.2, -0.15) is 0 Å². The lowest BCUT2D eigenvalue weighted by molar-refractivity contribution is 0.104. The van der Waals surface area contributed by atoms with Gasteiger partial charge in [-0.15, -0.1) is 0 Å². The molecule has 2 rings (SSSR count). The van der Waals surface area contributed by atoms with E-state index in [2.05, 4.69) is 4.98 Å². The highest BCUT2D eigenvalue weighted by atomic mass is 16.1. The summed E-state index contributed by atoms with van der Waals surface area (Å²) >= 11 is 0. The third-order valence-corrected chi connectivity index (χ3v) is 2.60. The van der Waals surface area contributed by atoms with Gasteiger partial charge in [0, 0.05) is 11.8 Å². The molecule has 2 N–H and O–H groups in total. The molecule has 90 valence electrons. The lowest BCUT2D eigenvalue weighted by Gasteiger charge is -1.98. The number of ketones is 1. The van der Waals surface area contributed by atoms with E-state index in [0.29, 0.717) is 16.9 Å². The molecular weight excluding hydrogens is 224 g/mol. The molecule has 0 aliphatic heterocycles. The Morgan fingerprint density at radius 2 is 1.94 bits per heavy atom. The fraction of sp³-hybridized carbons (Fsp3) is 0.0667. The van der Waals surface area contributed by atoms with Crippen molar-refractivity contribution in [2.45, 2.75) is 6.92 Å². The van der Waals surface area contributed by atoms with Crippen molar-refractivity contribution in [3.63, 3.8) is 0 Å². The van der Waals surface area contributed by atoms with Crippen LogP contribution >= 0.6 is 0 Å². The summed E-state index contributed by atoms with van der Waals surface area (Å²) in [6.07, 6.45) is 4.77. The SMILES string of the molecule is Cc1ccc(C(=O)/C=C/c2ncccc2N)cc1. The Bertz CT molecular complexity index is 586. The quantitative estimate of drug-likeness (QED) is 0.660. The predicted octanol–water partition coefficient (Wildman–Crippen LogP) is 2.87. The number of pyridine rings is 1. The van der Waals surface area contributed by atoms with Crippen molar-refractivity contribution in [2.24, 2.45) is 0 Å². The smallest absolute Gasteiger partial charge is 0.185 e. The molecule has 3 heteroatoms. The third-order valence-electron chi connectivity index (χ3n) is 2.60. The van der Waals surface area contributed by atoms with Crippen molar-refractivity contribution in [1.82, 2.24) is 4.98 Å². The van der Waals surface area contributed by atoms with Crippen molar-refractivity contribution in [1.29, 1.82) is 0 Å². The fourth-order valence-corrected chi connectivity index (χ4v) is 1.54. The summed E-state index contributed by atoms with van der Waals surface area (Å²) < 4.78 is 0. The third kappa shape index (κ3) is 2.83. The van der Waals surface area contributed by atoms with Crippen LogP contribution < -0.4 is 5.73 Å². The van der Waals surface area contributed by atoms with Crippen LogP contribution in [0.3, 0.4) is 0 Å². The summed E-state index contributed by atoms with van der Waals surface area (Å²) in [6.45, 7) is 1.98. The molecule has 0 atom stereocenters. The Balaban J connectivity index is 2.17. The van der Waals surface area contributed by atoms with E-state index in [4.69, 9.17) is 5.73 Å². The first kappa shape index (κ1) is 12.0. The molecule has 18 heavy (non-hydrogen) atoms. The molecule has 0 saturated carbocycles. The molecule has 1 heterocycles. The number of allylic oxidation sites excluding steroid dienone is 1. The normalized spacial score (nSPS) is 10.7. The number of hydrogen-bond acceptors (Lipinski definition) is 3. The average Bonchev–Trinajstić information content (AvgIpc) is 2.38. The number of nitrogens with zero attached hydrogens (tertiary/aromatic N) is 1. The van der Waals surface area contributed by atoms with Crippen molar-refractivity contribution in [3.05, 3.63) is 65.5 Å². The first-order valence-electron chi connectivity index (χ1n) is 5.66. The molecule has 0 amide bonds. The van der Waals surface area contributed by atoms with Crippen molar-refractivity contribution in [3.8, 4) is 0 Å². The largest absolute Gasteiger partial charge is 0.397 e. The molecule has 0 aliphatic carbocycles. The maximum Gasteiger partial charge on any atom is 0.185 e. The first-order valence-corrected chi connectivity index (χ1v) is 5.66. The number of anilines is 1. The number of rotatable bonds is 3. The van der Waals surface area contributed by atoms with E-state index in [-0.39, 0.29) is 5.78 Å². The highest BCUT2D eigenvalue weighted by molar-refractivity contribution is 6.06. The van der Waals surface area contributed by atoms with Gasteiger partial charge in [0.15, 0.2) is 5.78 Å². The molecule has 0 fully saturated rings. The van der Waals surface area contributed by atoms with Crippen LogP contribution in [0.4, 0.5) is 5.69 Å². The van der Waals surface area contributed by atoms with Crippen LogP contribution in [0.1, 0.15) is 21.6 Å². The number of nitrogens with two attached hydrogens (primary N) is 1. The van der Waals surface area contributed by atoms with E-state index in [1.165, 1.54) is 6.08 Å². The Kier molecular flexibility index (Phi) is 3.53. The van der Waals surface area contributed by atoms with Gasteiger partial charge in [-0.3, -0.25) is 9.78 Å². The van der Waals surface area contributed by atoms with Crippen LogP contribution in [0.25, 0.3) is 6.08 Å². The number of carbonyl (C=O) groups excluding carboxylic acids is 1. The lowest BCUT2D eigenvalue weighted by atomic mass is 10.1. The minimum Gasteiger partial charge on any atom is -0.397 e. The maximum atomic E-state index is 11.9. The van der Waals surface area contributed by atoms with Crippen molar-refractivity contribution in [2.75, 3.05) is 5.73 Å². The van der Waals surface area contributed by atoms with Gasteiger partial charge in [0.05, 0.1) is 11.4 Å². The van der Waals surface area contributed by atoms with E-state index in [1.54, 1.807) is 24.4 Å². The number of benzene rings is 1. The fourth-order valence-electron chi connectivity index (χ4n) is 1.54. The average molecular weight is 238 g/mol. The lowest BCUT2D eigenvalue weighted by Crippen LogP contribution is -1.95. The van der Waals surface area contributed by atoms with E-state index < -0.39 is 0 Å². The maximum absolute atomic E-state index is 11.9. The molecule has 2 aromatic rings. The molecule has 0 bridgehead atoms. The number of hydrogen-bond donors (Lipinski definition) is 1. The van der Waals surface area contributed by atoms with Gasteiger partial charge in [-0.25, -0.2) is 0 Å². The van der Waals surface area contributed by atoms with Crippen molar-refractivity contribution >= 4 is 17.5 Å². The van der Waals surface area contributed by atoms with Gasteiger partial charge in [0.1, 0.15) is 0 Å². The summed E-state index contributed by atoms with van der Waals surface area (Å²) in [5, 5.41) is 0. The number of aromatic nitrogens is 1. The van der Waals surface area contributed by atoms with Crippen LogP contribution in [0.15, 0.2) is 48.7 Å². The van der Waals surface area contributed by atoms with E-state index in [1.807, 2.05) is 31.2 Å². The summed E-state index contributed by atoms with van der Waals surface area (Å²) in [6, 6.07) is 11.0. The standard InChI is InChI=1S/C15H14N2O/c1-11-4-6-12(7-5-11)15(18)9-8-14-13(16)3-2-10-17-14/h2-10H,16H2,1H3/b9-8+. The topological polar surface area (TPSA) is 56.0 Å². The van der Waals surface area contributed by atoms with Crippen LogP contribution in [0, 0.1) is 6.92 Å². The molecule has 0 spiro atoms. The van der Waals surface area contributed by atoms with Crippen molar-refractivity contribution < 1.29 is 4.79 Å². The van der Waals surface area contributed by atoms with Gasteiger partial charge in [-0.05, 0) is 31.2 Å². The molecule has 0 aliphatic rings. The minimum atomic E-state index is -0.0555. The molecule has 1 aromatic heterocycles. The van der Waals surface area contributed by atoms with Gasteiger partial charge in [-0.1, -0.05) is 29.8 Å². The highest BCUT2D eigenvalue weighted by Gasteiger charge is 2.01. The number of carbonyl (C=O) groups is 1. The molecule has 1 aromatic carbocycles. The number of aryl methyl sites for hydroxylation is 1. The van der Waals surface area contributed by atoms with Gasteiger partial charge < -0.3 is 5.73 Å². The second kappa shape index (κ2) is 5.27. The molecule has 0 unspecified atom stereocenters. The van der Waals surface area contributed by atoms with Crippen LogP contribution in [0.5, 0.6) is 0 Å². The van der Waals surface area contributed by atoms with Crippen LogP contribution in [0.2, 0.25) is 0 Å². The molecule has 3 nitrogen and oxygen atoms in total. The Labute approximate surface area is 106 Å². The van der Waals surface area contributed by atoms with Gasteiger partial charge >= 0.3 is 0 Å². The zero-order valence-corrected chi connectivity index (χ0v) is 10.1. The summed E-state index contributed by atoms with van der Waals surface area (Å²) in [5.41, 5.74) is 8.70. The monoisotopic (exact) mass is 238 g/mol. The first-order chi connectivity index (χ1) is 8.66. The predicted molar refractivity (Wildman–Crippen MR) is 73.2 cm³/mol. The van der Waals surface area contributed by atoms with E-state index in [9.17, 15) is 4.79 Å². The zero-order chi connectivity index (χ0) is 13.0. The zero-order valence-electron chi connectivity index (χ0n) is 10.1. The molecule has 0 radical (unpaired) electrons. The Hall–Kier alpha value is -2.42. The van der Waals surface area contributed by atoms with E-state index in [0.717, 1.165) is 5.56 Å². The Morgan fingerprint density at radius 1 is 1.22 bits per heavy atom. The molecular formula is C15H14N2O. The summed E-state index contributed by atoms with van der Waals surface area (Å²) in [7, 11) is 0. The number of nitrogen functional groups attached to an aromatic ring is 1. The summed E-state index contributed by atoms with van der Waals surface area (Å²) in [5.74, 6) is -0.0555. The van der Waals surface area contributed by atoms with Crippen LogP contribution in [-0.4, -0.2) is 10.8 Å².